The maximum atomic E-state index is 13.3. The number of carbonyl (C=O) groups is 1. The van der Waals surface area contributed by atoms with Crippen LogP contribution >= 0.6 is 11.6 Å². The van der Waals surface area contributed by atoms with Crippen molar-refractivity contribution < 1.29 is 4.79 Å². The summed E-state index contributed by atoms with van der Waals surface area (Å²) in [6, 6.07) is 13.1. The second kappa shape index (κ2) is 7.91. The van der Waals surface area contributed by atoms with Gasteiger partial charge in [0.05, 0.1) is 17.6 Å². The molecular formula is C22H22ClN5O2. The molecule has 2 aromatic carbocycles. The lowest BCUT2D eigenvalue weighted by molar-refractivity contribution is 0.0929. The molecule has 1 atom stereocenters. The third-order valence-corrected chi connectivity index (χ3v) is 5.39. The molecule has 1 N–H and O–H groups in total. The Morgan fingerprint density at radius 3 is 2.60 bits per heavy atom. The minimum Gasteiger partial charge on any atom is -0.347 e. The van der Waals surface area contributed by atoms with E-state index in [1.807, 2.05) is 51.1 Å². The molecule has 8 heteroatoms. The van der Waals surface area contributed by atoms with Crippen molar-refractivity contribution in [1.29, 1.82) is 0 Å². The Labute approximate surface area is 178 Å². The number of halogens is 1. The Bertz CT molecular complexity index is 1310. The third-order valence-electron chi connectivity index (χ3n) is 5.14. The van der Waals surface area contributed by atoms with Gasteiger partial charge in [-0.1, -0.05) is 36.7 Å². The molecule has 1 amide bonds. The second-order valence-corrected chi connectivity index (χ2v) is 7.90. The molecule has 2 aromatic heterocycles. The molecule has 0 bridgehead atoms. The molecule has 4 rings (SSSR count). The van der Waals surface area contributed by atoms with Gasteiger partial charge in [0, 0.05) is 11.1 Å². The minimum absolute atomic E-state index is 0.00920. The fourth-order valence-corrected chi connectivity index (χ4v) is 3.42. The summed E-state index contributed by atoms with van der Waals surface area (Å²) in [6.45, 7) is 6.21. The van der Waals surface area contributed by atoms with Crippen LogP contribution in [-0.2, 0) is 6.54 Å². The van der Waals surface area contributed by atoms with E-state index in [-0.39, 0.29) is 23.1 Å². The zero-order chi connectivity index (χ0) is 21.4. The molecule has 0 spiro atoms. The molecule has 0 unspecified atom stereocenters. The summed E-state index contributed by atoms with van der Waals surface area (Å²) in [5.74, 6) is -0.407. The van der Waals surface area contributed by atoms with Crippen molar-refractivity contribution in [2.24, 2.45) is 0 Å². The highest BCUT2D eigenvalue weighted by Crippen LogP contribution is 2.18. The number of nitrogens with zero attached hydrogens (tertiary/aromatic N) is 4. The first-order valence-electron chi connectivity index (χ1n) is 9.82. The summed E-state index contributed by atoms with van der Waals surface area (Å²) < 4.78 is 3.12. The van der Waals surface area contributed by atoms with E-state index in [0.717, 1.165) is 23.1 Å². The summed E-state index contributed by atoms with van der Waals surface area (Å²) in [6.07, 6.45) is 0.787. The largest absolute Gasteiger partial charge is 0.347 e. The Kier molecular flexibility index (Phi) is 5.30. The van der Waals surface area contributed by atoms with Crippen LogP contribution in [0.4, 0.5) is 0 Å². The molecule has 0 aliphatic rings. The Morgan fingerprint density at radius 1 is 1.17 bits per heavy atom. The van der Waals surface area contributed by atoms with Gasteiger partial charge in [0.1, 0.15) is 0 Å². The molecule has 4 aromatic rings. The van der Waals surface area contributed by atoms with Gasteiger partial charge in [0.25, 0.3) is 11.5 Å². The van der Waals surface area contributed by atoms with Crippen LogP contribution in [-0.4, -0.2) is 31.1 Å². The van der Waals surface area contributed by atoms with Gasteiger partial charge < -0.3 is 5.32 Å². The standard InChI is InChI=1S/C22H22ClN5O2/c1-4-14(3)24-21(29)19-25-20-22(30)27(12-15-6-8-16(23)9-7-15)18-11-13(2)5-10-17(18)28(20)26-19/h5-11,14H,4,12H2,1-3H3,(H,24,29)/t14-/m1/s1. The first-order valence-corrected chi connectivity index (χ1v) is 10.2. The number of rotatable bonds is 5. The molecule has 154 valence electrons. The number of fused-ring (bicyclic) bond motifs is 3. The molecule has 30 heavy (non-hydrogen) atoms. The summed E-state index contributed by atoms with van der Waals surface area (Å²) >= 11 is 5.99. The van der Waals surface area contributed by atoms with Gasteiger partial charge >= 0.3 is 0 Å². The van der Waals surface area contributed by atoms with Gasteiger partial charge in [0.15, 0.2) is 0 Å². The smallest absolute Gasteiger partial charge is 0.296 e. The zero-order valence-electron chi connectivity index (χ0n) is 17.0. The topological polar surface area (TPSA) is 81.3 Å². The number of hydrogen-bond donors (Lipinski definition) is 1. The predicted molar refractivity (Wildman–Crippen MR) is 117 cm³/mol. The maximum absolute atomic E-state index is 13.3. The van der Waals surface area contributed by atoms with Crippen molar-refractivity contribution in [3.8, 4) is 0 Å². The van der Waals surface area contributed by atoms with Crippen LogP contribution in [0.25, 0.3) is 16.7 Å². The summed E-state index contributed by atoms with van der Waals surface area (Å²) in [5, 5.41) is 7.82. The van der Waals surface area contributed by atoms with Crippen molar-refractivity contribution in [2.45, 2.75) is 39.8 Å². The number of aromatic nitrogens is 4. The molecule has 0 aliphatic carbocycles. The molecule has 0 saturated carbocycles. The highest BCUT2D eigenvalue weighted by Gasteiger charge is 2.20. The van der Waals surface area contributed by atoms with Crippen LogP contribution in [0.1, 0.15) is 42.0 Å². The van der Waals surface area contributed by atoms with E-state index in [0.29, 0.717) is 17.1 Å². The Balaban J connectivity index is 1.91. The first kappa shape index (κ1) is 20.1. The van der Waals surface area contributed by atoms with Crippen LogP contribution in [0.3, 0.4) is 0 Å². The van der Waals surface area contributed by atoms with Gasteiger partial charge in [-0.25, -0.2) is 4.52 Å². The van der Waals surface area contributed by atoms with Gasteiger partial charge in [-0.2, -0.15) is 4.98 Å². The van der Waals surface area contributed by atoms with E-state index in [1.165, 1.54) is 4.52 Å². The van der Waals surface area contributed by atoms with Crippen LogP contribution in [0.15, 0.2) is 47.3 Å². The summed E-state index contributed by atoms with van der Waals surface area (Å²) in [7, 11) is 0. The summed E-state index contributed by atoms with van der Waals surface area (Å²) in [5.41, 5.74) is 3.19. The van der Waals surface area contributed by atoms with E-state index < -0.39 is 5.91 Å². The van der Waals surface area contributed by atoms with Crippen LogP contribution in [0.5, 0.6) is 0 Å². The van der Waals surface area contributed by atoms with Gasteiger partial charge in [-0.3, -0.25) is 14.2 Å². The lowest BCUT2D eigenvalue weighted by Crippen LogP contribution is -2.32. The van der Waals surface area contributed by atoms with Gasteiger partial charge in [0.2, 0.25) is 11.5 Å². The Hall–Kier alpha value is -3.19. The summed E-state index contributed by atoms with van der Waals surface area (Å²) in [4.78, 5) is 30.1. The fraction of sp³-hybridized carbons (Fsp3) is 0.273. The van der Waals surface area contributed by atoms with Crippen molar-refractivity contribution in [3.63, 3.8) is 0 Å². The lowest BCUT2D eigenvalue weighted by Gasteiger charge is -2.12. The molecule has 0 saturated heterocycles. The van der Waals surface area contributed by atoms with E-state index >= 15 is 0 Å². The number of hydrogen-bond acceptors (Lipinski definition) is 4. The van der Waals surface area contributed by atoms with Gasteiger partial charge in [-0.05, 0) is 55.7 Å². The van der Waals surface area contributed by atoms with Crippen molar-refractivity contribution in [1.82, 2.24) is 24.5 Å². The average Bonchev–Trinajstić information content (AvgIpc) is 3.18. The normalized spacial score (nSPS) is 12.4. The molecule has 2 heterocycles. The maximum Gasteiger partial charge on any atom is 0.296 e. The van der Waals surface area contributed by atoms with Gasteiger partial charge in [-0.15, -0.1) is 5.10 Å². The highest BCUT2D eigenvalue weighted by atomic mass is 35.5. The van der Waals surface area contributed by atoms with Crippen LogP contribution in [0.2, 0.25) is 5.02 Å². The second-order valence-electron chi connectivity index (χ2n) is 7.46. The van der Waals surface area contributed by atoms with Crippen molar-refractivity contribution >= 4 is 34.2 Å². The number of amides is 1. The number of aryl methyl sites for hydroxylation is 1. The molecule has 0 aliphatic heterocycles. The van der Waals surface area contributed by atoms with E-state index in [4.69, 9.17) is 11.6 Å². The highest BCUT2D eigenvalue weighted by molar-refractivity contribution is 6.30. The predicted octanol–water partition coefficient (Wildman–Crippen LogP) is 3.58. The fourth-order valence-electron chi connectivity index (χ4n) is 3.29. The minimum atomic E-state index is -0.392. The van der Waals surface area contributed by atoms with Crippen molar-refractivity contribution in [3.05, 3.63) is 74.8 Å². The van der Waals surface area contributed by atoms with Crippen molar-refractivity contribution in [2.75, 3.05) is 0 Å². The van der Waals surface area contributed by atoms with E-state index in [9.17, 15) is 9.59 Å². The SMILES string of the molecule is CC[C@@H](C)NC(=O)c1nc2c(=O)n(Cc3ccc(Cl)cc3)c3cc(C)ccc3n2n1. The molecular weight excluding hydrogens is 402 g/mol. The molecule has 0 fully saturated rings. The number of benzene rings is 2. The van der Waals surface area contributed by atoms with Crippen LogP contribution in [0, 0.1) is 6.92 Å². The van der Waals surface area contributed by atoms with E-state index in [2.05, 4.69) is 15.4 Å². The Morgan fingerprint density at radius 2 is 1.90 bits per heavy atom. The quantitative estimate of drug-likeness (QED) is 0.532. The third kappa shape index (κ3) is 3.68. The molecule has 0 radical (unpaired) electrons. The number of nitrogens with one attached hydrogen (secondary N) is 1. The zero-order valence-corrected chi connectivity index (χ0v) is 17.8. The number of carbonyl (C=O) groups excluding carboxylic acids is 1. The lowest BCUT2D eigenvalue weighted by atomic mass is 10.2. The van der Waals surface area contributed by atoms with E-state index in [1.54, 1.807) is 16.7 Å². The molecule has 7 nitrogen and oxygen atoms in total. The van der Waals surface area contributed by atoms with Crippen LogP contribution < -0.4 is 10.9 Å². The monoisotopic (exact) mass is 423 g/mol. The first-order chi connectivity index (χ1) is 14.4. The average molecular weight is 424 g/mol.